The number of hydrogen-bond donors (Lipinski definition) is 1. The summed E-state index contributed by atoms with van der Waals surface area (Å²) in [6.07, 6.45) is 1.49. The monoisotopic (exact) mass is 223 g/mol. The smallest absolute Gasteiger partial charge is 0.132 e. The molecule has 86 valence electrons. The lowest BCUT2D eigenvalue weighted by atomic mass is 10.1. The Kier molecular flexibility index (Phi) is 3.19. The van der Waals surface area contributed by atoms with E-state index in [9.17, 15) is 14.3 Å². The van der Waals surface area contributed by atoms with Crippen molar-refractivity contribution in [2.45, 2.75) is 25.4 Å². The summed E-state index contributed by atoms with van der Waals surface area (Å²) in [7, 11) is 0. The third-order valence-electron chi connectivity index (χ3n) is 3.14. The molecule has 2 atom stereocenters. The van der Waals surface area contributed by atoms with Crippen LogP contribution >= 0.6 is 0 Å². The van der Waals surface area contributed by atoms with Crippen molar-refractivity contribution in [2.75, 3.05) is 6.54 Å². The van der Waals surface area contributed by atoms with Gasteiger partial charge in [0.1, 0.15) is 18.4 Å². The molecule has 4 heteroatoms. The van der Waals surface area contributed by atoms with Gasteiger partial charge in [0.2, 0.25) is 0 Å². The maximum absolute atomic E-state index is 13.4. The number of carboxylic acid groups (broad SMARTS) is 1. The molecule has 0 aromatic heterocycles. The Morgan fingerprint density at radius 3 is 2.94 bits per heavy atom. The minimum atomic E-state index is -1.02. The molecule has 0 aliphatic carbocycles. The summed E-state index contributed by atoms with van der Waals surface area (Å²) in [6.45, 7) is 1.19. The summed E-state index contributed by atoms with van der Waals surface area (Å²) < 4.78 is 13.4. The summed E-state index contributed by atoms with van der Waals surface area (Å²) in [5, 5.41) is 10.9. The van der Waals surface area contributed by atoms with E-state index in [2.05, 4.69) is 0 Å². The van der Waals surface area contributed by atoms with Crippen LogP contribution in [0.5, 0.6) is 0 Å². The van der Waals surface area contributed by atoms with Gasteiger partial charge in [-0.25, -0.2) is 4.39 Å². The van der Waals surface area contributed by atoms with Gasteiger partial charge >= 0.3 is 0 Å². The zero-order valence-electron chi connectivity index (χ0n) is 8.91. The van der Waals surface area contributed by atoms with E-state index in [1.54, 1.807) is 18.2 Å². The lowest BCUT2D eigenvalue weighted by molar-refractivity contribution is -0.919. The van der Waals surface area contributed by atoms with Gasteiger partial charge in [-0.1, -0.05) is 18.2 Å². The van der Waals surface area contributed by atoms with Crippen LogP contribution in [0.4, 0.5) is 4.39 Å². The number of carbonyl (C=O) groups is 1. The van der Waals surface area contributed by atoms with Crippen molar-refractivity contribution >= 4 is 5.97 Å². The Hall–Kier alpha value is -1.42. The quantitative estimate of drug-likeness (QED) is 0.723. The molecule has 3 nitrogen and oxygen atoms in total. The van der Waals surface area contributed by atoms with Crippen molar-refractivity contribution in [1.29, 1.82) is 0 Å². The number of aliphatic carboxylic acids is 1. The second kappa shape index (κ2) is 4.61. The molecule has 1 aliphatic heterocycles. The highest BCUT2D eigenvalue weighted by atomic mass is 19.1. The van der Waals surface area contributed by atoms with Gasteiger partial charge in [-0.05, 0) is 6.07 Å². The highest BCUT2D eigenvalue weighted by Crippen LogP contribution is 2.06. The fourth-order valence-corrected chi connectivity index (χ4v) is 2.29. The topological polar surface area (TPSA) is 44.6 Å². The van der Waals surface area contributed by atoms with Gasteiger partial charge in [0.25, 0.3) is 0 Å². The number of likely N-dealkylation sites (tertiary alicyclic amines) is 1. The van der Waals surface area contributed by atoms with E-state index < -0.39 is 12.0 Å². The molecule has 1 aromatic rings. The van der Waals surface area contributed by atoms with E-state index in [1.807, 2.05) is 0 Å². The lowest BCUT2D eigenvalue weighted by Crippen LogP contribution is -3.14. The number of carboxylic acids is 1. The summed E-state index contributed by atoms with van der Waals surface area (Å²) in [4.78, 5) is 11.8. The van der Waals surface area contributed by atoms with Gasteiger partial charge in [0, 0.05) is 18.4 Å². The maximum Gasteiger partial charge on any atom is 0.132 e. The van der Waals surface area contributed by atoms with Crippen molar-refractivity contribution < 1.29 is 19.2 Å². The first-order chi connectivity index (χ1) is 7.68. The molecule has 0 spiro atoms. The third kappa shape index (κ3) is 2.22. The lowest BCUT2D eigenvalue weighted by Gasteiger charge is -2.22. The van der Waals surface area contributed by atoms with Gasteiger partial charge in [0.05, 0.1) is 12.5 Å². The van der Waals surface area contributed by atoms with Crippen LogP contribution in [0, 0.1) is 5.82 Å². The Morgan fingerprint density at radius 2 is 2.25 bits per heavy atom. The number of rotatable bonds is 3. The molecule has 1 heterocycles. The Morgan fingerprint density at radius 1 is 1.50 bits per heavy atom. The molecule has 1 fully saturated rings. The number of quaternary nitrogens is 1. The highest BCUT2D eigenvalue weighted by molar-refractivity contribution is 5.69. The van der Waals surface area contributed by atoms with Crippen molar-refractivity contribution in [3.8, 4) is 0 Å². The van der Waals surface area contributed by atoms with Crippen LogP contribution in [-0.2, 0) is 11.3 Å². The average Bonchev–Trinajstić information content (AvgIpc) is 2.69. The van der Waals surface area contributed by atoms with Crippen LogP contribution in [0.1, 0.15) is 18.4 Å². The maximum atomic E-state index is 13.4. The summed E-state index contributed by atoms with van der Waals surface area (Å²) >= 11 is 0. The molecule has 0 amide bonds. The molecule has 16 heavy (non-hydrogen) atoms. The van der Waals surface area contributed by atoms with E-state index in [0.29, 0.717) is 18.5 Å². The zero-order valence-corrected chi connectivity index (χ0v) is 8.91. The molecular weight excluding hydrogens is 209 g/mol. The minimum Gasteiger partial charge on any atom is -0.544 e. The first-order valence-corrected chi connectivity index (χ1v) is 5.47. The second-order valence-electron chi connectivity index (χ2n) is 4.19. The average molecular weight is 223 g/mol. The fourth-order valence-electron chi connectivity index (χ4n) is 2.29. The Balaban J connectivity index is 2.10. The van der Waals surface area contributed by atoms with E-state index in [-0.39, 0.29) is 5.82 Å². The number of benzene rings is 1. The predicted octanol–water partition coefficient (Wildman–Crippen LogP) is -0.877. The van der Waals surface area contributed by atoms with E-state index in [4.69, 9.17) is 0 Å². The Bertz CT molecular complexity index is 394. The predicted molar refractivity (Wildman–Crippen MR) is 54.0 cm³/mol. The van der Waals surface area contributed by atoms with Gasteiger partial charge < -0.3 is 14.8 Å². The molecule has 2 rings (SSSR count). The third-order valence-corrected chi connectivity index (χ3v) is 3.14. The largest absolute Gasteiger partial charge is 0.544 e. The SMILES string of the molecule is O=C([O-])[C@H]1CCC[NH+]1Cc1ccccc1F. The molecule has 0 bridgehead atoms. The van der Waals surface area contributed by atoms with Crippen molar-refractivity contribution in [1.82, 2.24) is 0 Å². The standard InChI is InChI=1S/C12H14FNO2/c13-10-5-2-1-4-9(10)8-14-7-3-6-11(14)12(15)16/h1-2,4-5,11H,3,6-8H2,(H,15,16)/t11-/m1/s1. The normalized spacial score (nSPS) is 24.6. The second-order valence-corrected chi connectivity index (χ2v) is 4.19. The van der Waals surface area contributed by atoms with E-state index in [1.165, 1.54) is 6.07 Å². The molecule has 1 saturated heterocycles. The molecule has 1 unspecified atom stereocenters. The molecule has 1 aromatic carbocycles. The molecular formula is C12H14FNO2. The van der Waals surface area contributed by atoms with Crippen LogP contribution in [-0.4, -0.2) is 18.6 Å². The number of nitrogens with one attached hydrogen (secondary N) is 1. The number of halogens is 1. The van der Waals surface area contributed by atoms with E-state index >= 15 is 0 Å². The molecule has 0 radical (unpaired) electrons. The summed E-state index contributed by atoms with van der Waals surface area (Å²) in [5.74, 6) is -1.29. The van der Waals surface area contributed by atoms with Gasteiger partial charge in [0.15, 0.2) is 0 Å². The first kappa shape index (κ1) is 11.1. The summed E-state index contributed by atoms with van der Waals surface area (Å²) in [5.41, 5.74) is 0.575. The molecule has 1 N–H and O–H groups in total. The van der Waals surface area contributed by atoms with Crippen molar-refractivity contribution in [3.05, 3.63) is 35.6 Å². The van der Waals surface area contributed by atoms with E-state index in [0.717, 1.165) is 17.9 Å². The van der Waals surface area contributed by atoms with Gasteiger partial charge in [-0.15, -0.1) is 0 Å². The minimum absolute atomic E-state index is 0.265. The summed E-state index contributed by atoms with van der Waals surface area (Å²) in [6, 6.07) is 6.02. The van der Waals surface area contributed by atoms with Crippen LogP contribution in [0.15, 0.2) is 24.3 Å². The highest BCUT2D eigenvalue weighted by Gasteiger charge is 2.29. The van der Waals surface area contributed by atoms with Gasteiger partial charge in [-0.3, -0.25) is 0 Å². The molecule has 0 saturated carbocycles. The number of carbonyl (C=O) groups excluding carboxylic acids is 1. The van der Waals surface area contributed by atoms with Crippen molar-refractivity contribution in [3.63, 3.8) is 0 Å². The fraction of sp³-hybridized carbons (Fsp3) is 0.417. The van der Waals surface area contributed by atoms with Crippen LogP contribution < -0.4 is 10.0 Å². The Labute approximate surface area is 93.5 Å². The van der Waals surface area contributed by atoms with Gasteiger partial charge in [-0.2, -0.15) is 0 Å². The molecule has 1 aliphatic rings. The first-order valence-electron chi connectivity index (χ1n) is 5.47. The van der Waals surface area contributed by atoms with Crippen LogP contribution in [0.25, 0.3) is 0 Å². The number of hydrogen-bond acceptors (Lipinski definition) is 2. The van der Waals surface area contributed by atoms with Crippen molar-refractivity contribution in [2.24, 2.45) is 0 Å². The van der Waals surface area contributed by atoms with Crippen LogP contribution in [0.3, 0.4) is 0 Å². The van der Waals surface area contributed by atoms with Crippen LogP contribution in [0.2, 0.25) is 0 Å². The zero-order chi connectivity index (χ0) is 11.5.